The quantitative estimate of drug-likeness (QED) is 0.810. The standard InChI is InChI=1S/C20H30N2O3S/c1-16-13-17(2)15-22(14-16)26(24,25)19-9-7-18(8-10-19)20(23)21-11-5-3-4-6-12-21/h7-10,16-17H,3-6,11-15H2,1-2H3/t16-,17+. The molecule has 0 bridgehead atoms. The molecular formula is C20H30N2O3S. The SMILES string of the molecule is C[C@@H]1C[C@H](C)CN(S(=O)(=O)c2ccc(C(=O)N3CCCCCC3)cc2)C1. The van der Waals surface area contributed by atoms with Gasteiger partial charge < -0.3 is 4.90 Å². The number of hydrogen-bond donors (Lipinski definition) is 0. The van der Waals surface area contributed by atoms with E-state index in [1.54, 1.807) is 28.6 Å². The molecule has 2 atom stereocenters. The Bertz CT molecular complexity index is 712. The van der Waals surface area contributed by atoms with E-state index in [1.165, 1.54) is 12.8 Å². The van der Waals surface area contributed by atoms with E-state index in [0.717, 1.165) is 32.4 Å². The Labute approximate surface area is 157 Å². The minimum atomic E-state index is -3.49. The van der Waals surface area contributed by atoms with Crippen LogP contribution >= 0.6 is 0 Å². The number of carbonyl (C=O) groups is 1. The first kappa shape index (κ1) is 19.4. The second-order valence-corrected chi connectivity index (χ2v) is 9.94. The number of benzene rings is 1. The summed E-state index contributed by atoms with van der Waals surface area (Å²) in [5, 5.41) is 0. The zero-order valence-corrected chi connectivity index (χ0v) is 16.7. The highest BCUT2D eigenvalue weighted by Gasteiger charge is 2.31. The highest BCUT2D eigenvalue weighted by molar-refractivity contribution is 7.89. The third-order valence-corrected chi connectivity index (χ3v) is 7.31. The van der Waals surface area contributed by atoms with Crippen molar-refractivity contribution in [3.63, 3.8) is 0 Å². The van der Waals surface area contributed by atoms with Crippen molar-refractivity contribution in [2.45, 2.75) is 50.8 Å². The van der Waals surface area contributed by atoms with Crippen molar-refractivity contribution in [1.82, 2.24) is 9.21 Å². The van der Waals surface area contributed by atoms with E-state index in [-0.39, 0.29) is 10.8 Å². The van der Waals surface area contributed by atoms with Crippen LogP contribution in [0, 0.1) is 11.8 Å². The molecule has 1 aromatic carbocycles. The second-order valence-electron chi connectivity index (χ2n) is 8.00. The van der Waals surface area contributed by atoms with Gasteiger partial charge >= 0.3 is 0 Å². The molecule has 0 spiro atoms. The predicted molar refractivity (Wildman–Crippen MR) is 103 cm³/mol. The molecule has 2 fully saturated rings. The summed E-state index contributed by atoms with van der Waals surface area (Å²) in [5.41, 5.74) is 0.575. The van der Waals surface area contributed by atoms with Crippen LogP contribution in [0.5, 0.6) is 0 Å². The van der Waals surface area contributed by atoms with Gasteiger partial charge in [-0.15, -0.1) is 0 Å². The number of piperidine rings is 1. The van der Waals surface area contributed by atoms with Crippen LogP contribution in [0.15, 0.2) is 29.2 Å². The Balaban J connectivity index is 1.75. The zero-order valence-electron chi connectivity index (χ0n) is 15.9. The monoisotopic (exact) mass is 378 g/mol. The third-order valence-electron chi connectivity index (χ3n) is 5.47. The average Bonchev–Trinajstić information content (AvgIpc) is 2.90. The smallest absolute Gasteiger partial charge is 0.253 e. The molecule has 1 amide bonds. The fourth-order valence-electron chi connectivity index (χ4n) is 4.18. The van der Waals surface area contributed by atoms with Crippen LogP contribution in [-0.2, 0) is 10.0 Å². The highest BCUT2D eigenvalue weighted by Crippen LogP contribution is 2.27. The molecule has 2 aliphatic heterocycles. The Morgan fingerprint density at radius 1 is 0.923 bits per heavy atom. The van der Waals surface area contributed by atoms with E-state index in [2.05, 4.69) is 13.8 Å². The van der Waals surface area contributed by atoms with Crippen molar-refractivity contribution in [3.8, 4) is 0 Å². The van der Waals surface area contributed by atoms with Gasteiger partial charge in [0.25, 0.3) is 5.91 Å². The molecule has 2 saturated heterocycles. The Morgan fingerprint density at radius 2 is 1.46 bits per heavy atom. The number of rotatable bonds is 3. The maximum atomic E-state index is 12.9. The van der Waals surface area contributed by atoms with Gasteiger partial charge in [0, 0.05) is 31.7 Å². The summed E-state index contributed by atoms with van der Waals surface area (Å²) in [7, 11) is -3.49. The summed E-state index contributed by atoms with van der Waals surface area (Å²) in [6.45, 7) is 6.93. The normalized spacial score (nSPS) is 25.7. The first-order chi connectivity index (χ1) is 12.4. The van der Waals surface area contributed by atoms with E-state index < -0.39 is 10.0 Å². The lowest BCUT2D eigenvalue weighted by atomic mass is 9.94. The van der Waals surface area contributed by atoms with Crippen molar-refractivity contribution in [2.24, 2.45) is 11.8 Å². The maximum Gasteiger partial charge on any atom is 0.253 e. The van der Waals surface area contributed by atoms with E-state index in [9.17, 15) is 13.2 Å². The summed E-state index contributed by atoms with van der Waals surface area (Å²) in [5.74, 6) is 0.755. The minimum Gasteiger partial charge on any atom is -0.339 e. The number of carbonyl (C=O) groups excluding carboxylic acids is 1. The topological polar surface area (TPSA) is 57.7 Å². The summed E-state index contributed by atoms with van der Waals surface area (Å²) in [6.07, 6.45) is 5.50. The first-order valence-corrected chi connectivity index (χ1v) is 11.2. The fraction of sp³-hybridized carbons (Fsp3) is 0.650. The Kier molecular flexibility index (Phi) is 6.03. The number of likely N-dealkylation sites (tertiary alicyclic amines) is 1. The van der Waals surface area contributed by atoms with Gasteiger partial charge in [0.2, 0.25) is 10.0 Å². The van der Waals surface area contributed by atoms with Crippen LogP contribution in [0.1, 0.15) is 56.3 Å². The Morgan fingerprint density at radius 3 is 2.00 bits per heavy atom. The lowest BCUT2D eigenvalue weighted by Gasteiger charge is -2.34. The van der Waals surface area contributed by atoms with E-state index >= 15 is 0 Å². The molecule has 0 saturated carbocycles. The van der Waals surface area contributed by atoms with Gasteiger partial charge in [0.05, 0.1) is 4.90 Å². The molecule has 144 valence electrons. The van der Waals surface area contributed by atoms with Crippen LogP contribution in [0.4, 0.5) is 0 Å². The van der Waals surface area contributed by atoms with Gasteiger partial charge in [0.15, 0.2) is 0 Å². The molecule has 5 nitrogen and oxygen atoms in total. The Hall–Kier alpha value is -1.40. The van der Waals surface area contributed by atoms with Crippen molar-refractivity contribution < 1.29 is 13.2 Å². The summed E-state index contributed by atoms with van der Waals surface area (Å²) in [4.78, 5) is 14.8. The molecule has 0 unspecified atom stereocenters. The van der Waals surface area contributed by atoms with Crippen molar-refractivity contribution >= 4 is 15.9 Å². The van der Waals surface area contributed by atoms with Gasteiger partial charge in [-0.05, 0) is 55.4 Å². The van der Waals surface area contributed by atoms with Crippen molar-refractivity contribution in [1.29, 1.82) is 0 Å². The molecule has 0 aromatic heterocycles. The first-order valence-electron chi connectivity index (χ1n) is 9.77. The molecule has 26 heavy (non-hydrogen) atoms. The summed E-state index contributed by atoms with van der Waals surface area (Å²) < 4.78 is 27.5. The van der Waals surface area contributed by atoms with Crippen LogP contribution < -0.4 is 0 Å². The maximum absolute atomic E-state index is 12.9. The number of sulfonamides is 1. The minimum absolute atomic E-state index is 0.0102. The summed E-state index contributed by atoms with van der Waals surface area (Å²) in [6, 6.07) is 6.50. The van der Waals surface area contributed by atoms with Crippen molar-refractivity contribution in [3.05, 3.63) is 29.8 Å². The lowest BCUT2D eigenvalue weighted by Crippen LogP contribution is -2.42. The molecule has 0 N–H and O–H groups in total. The highest BCUT2D eigenvalue weighted by atomic mass is 32.2. The molecule has 1 aromatic rings. The number of nitrogens with zero attached hydrogens (tertiary/aromatic N) is 2. The third kappa shape index (κ3) is 4.29. The van der Waals surface area contributed by atoms with Gasteiger partial charge in [-0.1, -0.05) is 26.7 Å². The molecule has 6 heteroatoms. The van der Waals surface area contributed by atoms with Gasteiger partial charge in [-0.2, -0.15) is 4.31 Å². The number of hydrogen-bond acceptors (Lipinski definition) is 3. The molecule has 3 rings (SSSR count). The van der Waals surface area contributed by atoms with Crippen LogP contribution in [0.2, 0.25) is 0 Å². The predicted octanol–water partition coefficient (Wildman–Crippen LogP) is 3.37. The summed E-state index contributed by atoms with van der Waals surface area (Å²) >= 11 is 0. The van der Waals surface area contributed by atoms with Crippen molar-refractivity contribution in [2.75, 3.05) is 26.2 Å². The average molecular weight is 379 g/mol. The fourth-order valence-corrected chi connectivity index (χ4v) is 5.86. The van der Waals surface area contributed by atoms with E-state index in [1.807, 2.05) is 4.90 Å². The number of amides is 1. The second kappa shape index (κ2) is 8.09. The molecule has 0 aliphatic carbocycles. The largest absolute Gasteiger partial charge is 0.339 e. The van der Waals surface area contributed by atoms with E-state index in [0.29, 0.717) is 30.5 Å². The van der Waals surface area contributed by atoms with Crippen LogP contribution in [0.3, 0.4) is 0 Å². The molecule has 0 radical (unpaired) electrons. The molecule has 2 heterocycles. The lowest BCUT2D eigenvalue weighted by molar-refractivity contribution is 0.0761. The zero-order chi connectivity index (χ0) is 18.7. The van der Waals surface area contributed by atoms with Gasteiger partial charge in [-0.3, -0.25) is 4.79 Å². The van der Waals surface area contributed by atoms with E-state index in [4.69, 9.17) is 0 Å². The van der Waals surface area contributed by atoms with Crippen LogP contribution in [0.25, 0.3) is 0 Å². The molecule has 2 aliphatic rings. The molecular weight excluding hydrogens is 348 g/mol. The van der Waals surface area contributed by atoms with Gasteiger partial charge in [-0.25, -0.2) is 8.42 Å². The van der Waals surface area contributed by atoms with Gasteiger partial charge in [0.1, 0.15) is 0 Å². The van der Waals surface area contributed by atoms with Crippen LogP contribution in [-0.4, -0.2) is 49.7 Å².